The summed E-state index contributed by atoms with van der Waals surface area (Å²) in [6, 6.07) is 9.67. The van der Waals surface area contributed by atoms with Gasteiger partial charge in [-0.1, -0.05) is 45.9 Å². The molecule has 2 nitrogen and oxygen atoms in total. The van der Waals surface area contributed by atoms with E-state index in [1.807, 2.05) is 30.3 Å². The maximum absolute atomic E-state index is 12.7. The minimum atomic E-state index is -1.08. The molecule has 6 atom stereocenters. The van der Waals surface area contributed by atoms with Crippen molar-refractivity contribution >= 4 is 10.8 Å². The van der Waals surface area contributed by atoms with E-state index in [0.29, 0.717) is 17.8 Å². The van der Waals surface area contributed by atoms with Gasteiger partial charge in [-0.3, -0.25) is 4.21 Å². The highest BCUT2D eigenvalue weighted by molar-refractivity contribution is 7.85. The molecular weight excluding hydrogens is 256 g/mol. The van der Waals surface area contributed by atoms with E-state index in [-0.39, 0.29) is 11.5 Å². The minimum absolute atomic E-state index is 0.182. The van der Waals surface area contributed by atoms with E-state index in [9.17, 15) is 4.21 Å². The molecule has 1 fully saturated rings. The summed E-state index contributed by atoms with van der Waals surface area (Å²) in [5.41, 5.74) is -0.182. The highest BCUT2D eigenvalue weighted by Gasteiger charge is 2.41. The Balaban J connectivity index is 2.21. The van der Waals surface area contributed by atoms with Crippen LogP contribution in [0.2, 0.25) is 0 Å². The fourth-order valence-corrected chi connectivity index (χ4v) is 4.46. The van der Waals surface area contributed by atoms with Gasteiger partial charge >= 0.3 is 0 Å². The van der Waals surface area contributed by atoms with Crippen LogP contribution in [-0.2, 0) is 15.5 Å². The lowest BCUT2D eigenvalue weighted by atomic mass is 9.79. The summed E-state index contributed by atoms with van der Waals surface area (Å²) < 4.78 is 18.9. The molecular formula is C16H24O2S. The third-order valence-electron chi connectivity index (χ3n) is 4.57. The standard InChI is InChI=1S/C16H24O2S/c1-5-15-12(3)11(2)13(4)16(18-15)19(17)14-9-7-6-8-10-14/h6-13,15-16H,5H2,1-4H3. The third-order valence-corrected chi connectivity index (χ3v) is 6.27. The van der Waals surface area contributed by atoms with Gasteiger partial charge in [0, 0.05) is 4.90 Å². The van der Waals surface area contributed by atoms with Gasteiger partial charge in [0.05, 0.1) is 16.9 Å². The molecule has 0 radical (unpaired) electrons. The molecule has 0 bridgehead atoms. The SMILES string of the molecule is CCC1OC(S(=O)c2ccccc2)C(C)C(C)C1C. The molecule has 0 saturated carbocycles. The molecule has 0 N–H and O–H groups in total. The zero-order chi connectivity index (χ0) is 14.0. The first-order valence-electron chi connectivity index (χ1n) is 7.17. The quantitative estimate of drug-likeness (QED) is 0.841. The summed E-state index contributed by atoms with van der Waals surface area (Å²) >= 11 is 0. The molecule has 19 heavy (non-hydrogen) atoms. The topological polar surface area (TPSA) is 26.3 Å². The number of hydrogen-bond donors (Lipinski definition) is 0. The lowest BCUT2D eigenvalue weighted by Crippen LogP contribution is -2.46. The Hall–Kier alpha value is -0.670. The third kappa shape index (κ3) is 2.92. The Morgan fingerprint density at radius 2 is 1.68 bits per heavy atom. The molecule has 0 aromatic heterocycles. The van der Waals surface area contributed by atoms with Crippen molar-refractivity contribution in [2.24, 2.45) is 17.8 Å². The normalized spacial score (nSPS) is 36.9. The number of hydrogen-bond acceptors (Lipinski definition) is 2. The van der Waals surface area contributed by atoms with Crippen molar-refractivity contribution in [1.82, 2.24) is 0 Å². The van der Waals surface area contributed by atoms with Crippen LogP contribution >= 0.6 is 0 Å². The zero-order valence-corrected chi connectivity index (χ0v) is 13.0. The molecule has 1 aromatic rings. The van der Waals surface area contributed by atoms with E-state index < -0.39 is 10.8 Å². The van der Waals surface area contributed by atoms with Crippen LogP contribution in [0.5, 0.6) is 0 Å². The van der Waals surface area contributed by atoms with Crippen molar-refractivity contribution in [3.8, 4) is 0 Å². The summed E-state index contributed by atoms with van der Waals surface area (Å²) in [7, 11) is -1.08. The second-order valence-electron chi connectivity index (χ2n) is 5.64. The molecule has 0 amide bonds. The van der Waals surface area contributed by atoms with Gasteiger partial charge in [-0.2, -0.15) is 0 Å². The van der Waals surface area contributed by atoms with E-state index >= 15 is 0 Å². The van der Waals surface area contributed by atoms with E-state index in [1.165, 1.54) is 0 Å². The van der Waals surface area contributed by atoms with Gasteiger partial charge in [0.25, 0.3) is 0 Å². The second kappa shape index (κ2) is 6.19. The lowest BCUT2D eigenvalue weighted by molar-refractivity contribution is -0.0964. The van der Waals surface area contributed by atoms with E-state index in [0.717, 1.165) is 11.3 Å². The molecule has 0 aliphatic carbocycles. The molecule has 1 aliphatic heterocycles. The van der Waals surface area contributed by atoms with Crippen molar-refractivity contribution in [2.75, 3.05) is 0 Å². The van der Waals surface area contributed by atoms with Crippen molar-refractivity contribution in [3.63, 3.8) is 0 Å². The Morgan fingerprint density at radius 3 is 2.26 bits per heavy atom. The average Bonchev–Trinajstić information content (AvgIpc) is 2.45. The Labute approximate surface area is 119 Å². The van der Waals surface area contributed by atoms with Crippen LogP contribution < -0.4 is 0 Å². The van der Waals surface area contributed by atoms with Crippen molar-refractivity contribution in [3.05, 3.63) is 30.3 Å². The van der Waals surface area contributed by atoms with Gasteiger partial charge in [0.1, 0.15) is 5.44 Å². The Bertz CT molecular complexity index is 430. The monoisotopic (exact) mass is 280 g/mol. The molecule has 0 spiro atoms. The van der Waals surface area contributed by atoms with Crippen LogP contribution in [0.1, 0.15) is 34.1 Å². The largest absolute Gasteiger partial charge is 0.361 e. The maximum atomic E-state index is 12.7. The van der Waals surface area contributed by atoms with Crippen molar-refractivity contribution in [1.29, 1.82) is 0 Å². The fourth-order valence-electron chi connectivity index (χ4n) is 2.89. The minimum Gasteiger partial charge on any atom is -0.361 e. The van der Waals surface area contributed by atoms with Gasteiger partial charge in [0.2, 0.25) is 0 Å². The maximum Gasteiger partial charge on any atom is 0.140 e. The van der Waals surface area contributed by atoms with Gasteiger partial charge in [-0.15, -0.1) is 0 Å². The molecule has 1 aliphatic rings. The van der Waals surface area contributed by atoms with Crippen LogP contribution in [0.25, 0.3) is 0 Å². The summed E-state index contributed by atoms with van der Waals surface area (Å²) in [6.45, 7) is 8.82. The van der Waals surface area contributed by atoms with Crippen LogP contribution in [-0.4, -0.2) is 15.7 Å². The first kappa shape index (κ1) is 14.7. The second-order valence-corrected chi connectivity index (χ2v) is 7.17. The summed E-state index contributed by atoms with van der Waals surface area (Å²) in [6.07, 6.45) is 1.21. The highest BCUT2D eigenvalue weighted by Crippen LogP contribution is 2.38. The van der Waals surface area contributed by atoms with Crippen molar-refractivity contribution in [2.45, 2.75) is 50.6 Å². The predicted molar refractivity (Wildman–Crippen MR) is 79.3 cm³/mol. The summed E-state index contributed by atoms with van der Waals surface area (Å²) in [5.74, 6) is 1.39. The highest BCUT2D eigenvalue weighted by atomic mass is 32.2. The first-order chi connectivity index (χ1) is 9.06. The van der Waals surface area contributed by atoms with Gasteiger partial charge < -0.3 is 4.74 Å². The molecule has 1 saturated heterocycles. The van der Waals surface area contributed by atoms with Crippen LogP contribution in [0.3, 0.4) is 0 Å². The zero-order valence-electron chi connectivity index (χ0n) is 12.2. The van der Waals surface area contributed by atoms with Crippen LogP contribution in [0.15, 0.2) is 35.2 Å². The van der Waals surface area contributed by atoms with Crippen LogP contribution in [0, 0.1) is 17.8 Å². The van der Waals surface area contributed by atoms with E-state index in [1.54, 1.807) is 0 Å². The number of rotatable bonds is 3. The Morgan fingerprint density at radius 1 is 1.05 bits per heavy atom. The fraction of sp³-hybridized carbons (Fsp3) is 0.625. The van der Waals surface area contributed by atoms with E-state index in [2.05, 4.69) is 27.7 Å². The van der Waals surface area contributed by atoms with Gasteiger partial charge in [0.15, 0.2) is 0 Å². The molecule has 3 heteroatoms. The summed E-state index contributed by atoms with van der Waals surface area (Å²) in [5, 5.41) is 0. The molecule has 2 rings (SSSR count). The number of ether oxygens (including phenoxy) is 1. The lowest BCUT2D eigenvalue weighted by Gasteiger charge is -2.43. The molecule has 106 valence electrons. The van der Waals surface area contributed by atoms with Gasteiger partial charge in [-0.25, -0.2) is 0 Å². The van der Waals surface area contributed by atoms with Gasteiger partial charge in [-0.05, 0) is 36.3 Å². The molecule has 1 aromatic carbocycles. The number of benzene rings is 1. The van der Waals surface area contributed by atoms with E-state index in [4.69, 9.17) is 4.74 Å². The molecule has 1 heterocycles. The van der Waals surface area contributed by atoms with Crippen molar-refractivity contribution < 1.29 is 8.95 Å². The summed E-state index contributed by atoms with van der Waals surface area (Å²) in [4.78, 5) is 0.871. The predicted octanol–water partition coefficient (Wildman–Crippen LogP) is 3.84. The van der Waals surface area contributed by atoms with Crippen LogP contribution in [0.4, 0.5) is 0 Å². The Kier molecular flexibility index (Phi) is 4.80. The first-order valence-corrected chi connectivity index (χ1v) is 8.38. The average molecular weight is 280 g/mol. The molecule has 6 unspecified atom stereocenters. The smallest absolute Gasteiger partial charge is 0.140 e.